The van der Waals surface area contributed by atoms with Crippen LogP contribution in [0.3, 0.4) is 0 Å². The van der Waals surface area contributed by atoms with Crippen LogP contribution in [0.5, 0.6) is 5.75 Å². The number of phenols is 1. The molecule has 0 atom stereocenters. The van der Waals surface area contributed by atoms with Crippen molar-refractivity contribution in [2.24, 2.45) is 5.73 Å². The number of carbonyl (C=O) groups is 1. The zero-order valence-electron chi connectivity index (χ0n) is 15.6. The minimum atomic E-state index is -0.471. The number of primary amides is 1. The molecule has 4 aromatic rings. The second kappa shape index (κ2) is 6.41. The molecule has 0 unspecified atom stereocenters. The highest BCUT2D eigenvalue weighted by atomic mass is 16.3. The lowest BCUT2D eigenvalue weighted by Gasteiger charge is -2.19. The molecule has 1 aromatic heterocycles. The number of benzene rings is 3. The summed E-state index contributed by atoms with van der Waals surface area (Å²) in [5, 5.41) is 12.5. The lowest BCUT2D eigenvalue weighted by Crippen LogP contribution is -2.11. The van der Waals surface area contributed by atoms with E-state index in [1.54, 1.807) is 6.07 Å². The SMILES string of the molecule is NC(=O)c1cccc2c1c1c(O)cc3c(c1n2Cc1ccccc1)CCCC3. The van der Waals surface area contributed by atoms with Crippen molar-refractivity contribution in [3.05, 3.63) is 76.9 Å². The number of rotatable bonds is 3. The number of amides is 1. The van der Waals surface area contributed by atoms with E-state index < -0.39 is 5.91 Å². The molecule has 0 fully saturated rings. The molecule has 0 saturated carbocycles. The summed E-state index contributed by atoms with van der Waals surface area (Å²) in [6.07, 6.45) is 4.25. The molecule has 3 N–H and O–H groups in total. The Kier molecular flexibility index (Phi) is 3.86. The summed E-state index contributed by atoms with van der Waals surface area (Å²) < 4.78 is 2.25. The highest BCUT2D eigenvalue weighted by molar-refractivity contribution is 6.20. The third-order valence-corrected chi connectivity index (χ3v) is 5.90. The first kappa shape index (κ1) is 16.9. The number of phenolic OH excluding ortho intramolecular Hbond substituents is 1. The number of nitrogens with two attached hydrogens (primary N) is 1. The van der Waals surface area contributed by atoms with Gasteiger partial charge in [0.05, 0.1) is 16.4 Å². The largest absolute Gasteiger partial charge is 0.507 e. The number of carbonyl (C=O) groups excluding carboxylic acids is 1. The molecule has 4 nitrogen and oxygen atoms in total. The second-order valence-electron chi connectivity index (χ2n) is 7.60. The first-order chi connectivity index (χ1) is 13.6. The van der Waals surface area contributed by atoms with E-state index in [1.165, 1.54) is 16.7 Å². The number of fused-ring (bicyclic) bond motifs is 5. The quantitative estimate of drug-likeness (QED) is 0.556. The van der Waals surface area contributed by atoms with E-state index in [9.17, 15) is 9.90 Å². The van der Waals surface area contributed by atoms with Crippen LogP contribution in [-0.2, 0) is 19.4 Å². The van der Waals surface area contributed by atoms with E-state index in [0.29, 0.717) is 12.1 Å². The van der Waals surface area contributed by atoms with Crippen molar-refractivity contribution in [2.45, 2.75) is 32.2 Å². The molecule has 0 radical (unpaired) electrons. The normalized spacial score (nSPS) is 13.7. The molecule has 5 rings (SSSR count). The van der Waals surface area contributed by atoms with Gasteiger partial charge in [-0.1, -0.05) is 36.4 Å². The molecule has 1 aliphatic rings. The van der Waals surface area contributed by atoms with Crippen LogP contribution in [0.15, 0.2) is 54.6 Å². The van der Waals surface area contributed by atoms with Gasteiger partial charge in [0.25, 0.3) is 0 Å². The van der Waals surface area contributed by atoms with Gasteiger partial charge in [-0.25, -0.2) is 0 Å². The fourth-order valence-corrected chi connectivity index (χ4v) is 4.70. The Morgan fingerprint density at radius 1 is 1.00 bits per heavy atom. The Morgan fingerprint density at radius 2 is 1.79 bits per heavy atom. The zero-order chi connectivity index (χ0) is 19.3. The number of hydrogen-bond acceptors (Lipinski definition) is 2. The summed E-state index contributed by atoms with van der Waals surface area (Å²) >= 11 is 0. The van der Waals surface area contributed by atoms with Crippen LogP contribution in [-0.4, -0.2) is 15.6 Å². The van der Waals surface area contributed by atoms with Crippen LogP contribution in [0.2, 0.25) is 0 Å². The number of aromatic hydroxyl groups is 1. The van der Waals surface area contributed by atoms with E-state index in [-0.39, 0.29) is 5.75 Å². The predicted octanol–water partition coefficient (Wildman–Crippen LogP) is 4.53. The van der Waals surface area contributed by atoms with E-state index in [4.69, 9.17) is 5.73 Å². The third-order valence-electron chi connectivity index (χ3n) is 5.90. The Labute approximate surface area is 163 Å². The van der Waals surface area contributed by atoms with Gasteiger partial charge in [-0.15, -0.1) is 0 Å². The van der Waals surface area contributed by atoms with Crippen molar-refractivity contribution in [3.63, 3.8) is 0 Å². The highest BCUT2D eigenvalue weighted by Gasteiger charge is 2.24. The molecule has 1 amide bonds. The van der Waals surface area contributed by atoms with Gasteiger partial charge in [-0.05, 0) is 60.6 Å². The minimum Gasteiger partial charge on any atom is -0.507 e. The average molecular weight is 370 g/mol. The van der Waals surface area contributed by atoms with Gasteiger partial charge in [-0.2, -0.15) is 0 Å². The lowest BCUT2D eigenvalue weighted by molar-refractivity contribution is 0.100. The summed E-state index contributed by atoms with van der Waals surface area (Å²) in [6, 6.07) is 17.8. The third kappa shape index (κ3) is 2.48. The fraction of sp³-hybridized carbons (Fsp3) is 0.208. The van der Waals surface area contributed by atoms with Crippen LogP contribution in [0.25, 0.3) is 21.8 Å². The summed E-state index contributed by atoms with van der Waals surface area (Å²) in [6.45, 7) is 0.680. The van der Waals surface area contributed by atoms with Gasteiger partial charge in [0.15, 0.2) is 0 Å². The van der Waals surface area contributed by atoms with Crippen LogP contribution in [0, 0.1) is 0 Å². The number of hydrogen-bond donors (Lipinski definition) is 2. The molecule has 0 aliphatic heterocycles. The van der Waals surface area contributed by atoms with E-state index in [0.717, 1.165) is 47.5 Å². The Morgan fingerprint density at radius 3 is 2.57 bits per heavy atom. The Balaban J connectivity index is 1.94. The topological polar surface area (TPSA) is 68.2 Å². The summed E-state index contributed by atoms with van der Waals surface area (Å²) in [5.41, 5.74) is 11.8. The fourth-order valence-electron chi connectivity index (χ4n) is 4.70. The first-order valence-electron chi connectivity index (χ1n) is 9.77. The standard InChI is InChI=1S/C24H22N2O2/c25-24(28)18-11-6-12-19-21(18)22-20(27)13-16-9-4-5-10-17(16)23(22)26(19)14-15-7-2-1-3-8-15/h1-3,6-8,11-13,27H,4-5,9-10,14H2,(H2,25,28). The Bertz CT molecular complexity index is 1220. The summed E-state index contributed by atoms with van der Waals surface area (Å²) in [5.74, 6) is -0.234. The van der Waals surface area contributed by atoms with Gasteiger partial charge in [0.2, 0.25) is 5.91 Å². The van der Waals surface area contributed by atoms with E-state index >= 15 is 0 Å². The van der Waals surface area contributed by atoms with Crippen molar-refractivity contribution in [1.82, 2.24) is 4.57 Å². The molecule has 140 valence electrons. The average Bonchev–Trinajstić information content (AvgIpc) is 3.04. The maximum atomic E-state index is 12.2. The van der Waals surface area contributed by atoms with Crippen LogP contribution in [0.4, 0.5) is 0 Å². The number of aryl methyl sites for hydroxylation is 2. The van der Waals surface area contributed by atoms with Crippen LogP contribution < -0.4 is 5.73 Å². The van der Waals surface area contributed by atoms with Crippen molar-refractivity contribution in [2.75, 3.05) is 0 Å². The molecule has 4 heteroatoms. The van der Waals surface area contributed by atoms with Crippen molar-refractivity contribution < 1.29 is 9.90 Å². The molecule has 0 saturated heterocycles. The monoisotopic (exact) mass is 370 g/mol. The second-order valence-corrected chi connectivity index (χ2v) is 7.60. The zero-order valence-corrected chi connectivity index (χ0v) is 15.6. The minimum absolute atomic E-state index is 0.237. The molecule has 1 aliphatic carbocycles. The smallest absolute Gasteiger partial charge is 0.249 e. The van der Waals surface area contributed by atoms with E-state index in [1.807, 2.05) is 36.4 Å². The van der Waals surface area contributed by atoms with Gasteiger partial charge < -0.3 is 15.4 Å². The molecular weight excluding hydrogens is 348 g/mol. The number of nitrogens with zero attached hydrogens (tertiary/aromatic N) is 1. The maximum absolute atomic E-state index is 12.2. The van der Waals surface area contributed by atoms with Crippen molar-refractivity contribution >= 4 is 27.7 Å². The van der Waals surface area contributed by atoms with E-state index in [2.05, 4.69) is 16.7 Å². The molecule has 0 bridgehead atoms. The molecule has 3 aromatic carbocycles. The van der Waals surface area contributed by atoms with Crippen LogP contribution >= 0.6 is 0 Å². The summed E-state index contributed by atoms with van der Waals surface area (Å²) in [4.78, 5) is 12.2. The Hall–Kier alpha value is -3.27. The first-order valence-corrected chi connectivity index (χ1v) is 9.77. The van der Waals surface area contributed by atoms with Gasteiger partial charge >= 0.3 is 0 Å². The molecule has 28 heavy (non-hydrogen) atoms. The molecule has 1 heterocycles. The number of aromatic nitrogens is 1. The molecule has 0 spiro atoms. The van der Waals surface area contributed by atoms with Gasteiger partial charge in [0.1, 0.15) is 5.75 Å². The maximum Gasteiger partial charge on any atom is 0.249 e. The lowest BCUT2D eigenvalue weighted by atomic mass is 9.89. The molecular formula is C24H22N2O2. The van der Waals surface area contributed by atoms with Gasteiger partial charge in [0, 0.05) is 17.5 Å². The van der Waals surface area contributed by atoms with Crippen molar-refractivity contribution in [3.8, 4) is 5.75 Å². The van der Waals surface area contributed by atoms with Crippen LogP contribution in [0.1, 0.15) is 39.9 Å². The van der Waals surface area contributed by atoms with Crippen molar-refractivity contribution in [1.29, 1.82) is 0 Å². The predicted molar refractivity (Wildman–Crippen MR) is 112 cm³/mol. The summed E-state index contributed by atoms with van der Waals surface area (Å²) in [7, 11) is 0. The van der Waals surface area contributed by atoms with Gasteiger partial charge in [-0.3, -0.25) is 4.79 Å². The highest BCUT2D eigenvalue weighted by Crippen LogP contribution is 2.42.